The molecule has 18 heavy (non-hydrogen) atoms. The van der Waals surface area contributed by atoms with Crippen molar-refractivity contribution in [2.24, 2.45) is 0 Å². The number of hydrogen-bond acceptors (Lipinski definition) is 4. The third-order valence-corrected chi connectivity index (χ3v) is 2.49. The molecule has 4 nitrogen and oxygen atoms in total. The fourth-order valence-corrected chi connectivity index (χ4v) is 1.55. The largest absolute Gasteiger partial charge is 0.466 e. The van der Waals surface area contributed by atoms with Gasteiger partial charge in [0.05, 0.1) is 19.6 Å². The van der Waals surface area contributed by atoms with E-state index in [1.807, 2.05) is 24.3 Å². The van der Waals surface area contributed by atoms with E-state index in [9.17, 15) is 4.79 Å². The zero-order valence-corrected chi connectivity index (χ0v) is 10.9. The Balaban J connectivity index is 2.02. The highest BCUT2D eigenvalue weighted by molar-refractivity contribution is 5.69. The number of anilines is 1. The average Bonchev–Trinajstić information content (AvgIpc) is 2.36. The summed E-state index contributed by atoms with van der Waals surface area (Å²) in [5, 5.41) is 0. The molecule has 0 spiro atoms. The number of ether oxygens (including phenoxy) is 2. The van der Waals surface area contributed by atoms with E-state index in [1.165, 1.54) is 5.56 Å². The van der Waals surface area contributed by atoms with Gasteiger partial charge in [0.25, 0.3) is 0 Å². The van der Waals surface area contributed by atoms with Gasteiger partial charge in [0.1, 0.15) is 0 Å². The summed E-state index contributed by atoms with van der Waals surface area (Å²) in [6.45, 7) is 3.31. The highest BCUT2D eigenvalue weighted by Crippen LogP contribution is 2.07. The molecule has 0 fully saturated rings. The molecule has 0 aliphatic rings. The molecule has 1 aromatic rings. The van der Waals surface area contributed by atoms with E-state index >= 15 is 0 Å². The summed E-state index contributed by atoms with van der Waals surface area (Å²) in [6, 6.07) is 7.84. The van der Waals surface area contributed by atoms with Gasteiger partial charge in [-0.05, 0) is 37.5 Å². The van der Waals surface area contributed by atoms with Crippen LogP contribution in [0.15, 0.2) is 24.3 Å². The number of nitrogens with two attached hydrogens (primary N) is 1. The molecule has 0 bridgehead atoms. The summed E-state index contributed by atoms with van der Waals surface area (Å²) in [5.74, 6) is -0.198. The first kappa shape index (κ1) is 14.5. The van der Waals surface area contributed by atoms with E-state index in [1.54, 1.807) is 6.92 Å². The quantitative estimate of drug-likeness (QED) is 0.437. The lowest BCUT2D eigenvalue weighted by Gasteiger charge is -2.05. The Bertz CT molecular complexity index is 349. The Labute approximate surface area is 108 Å². The van der Waals surface area contributed by atoms with Gasteiger partial charge in [-0.2, -0.15) is 0 Å². The summed E-state index contributed by atoms with van der Waals surface area (Å²) in [5.41, 5.74) is 7.64. The van der Waals surface area contributed by atoms with Crippen LogP contribution in [0.2, 0.25) is 0 Å². The molecule has 0 saturated carbocycles. The van der Waals surface area contributed by atoms with Crippen LogP contribution in [0.4, 0.5) is 5.69 Å². The van der Waals surface area contributed by atoms with Gasteiger partial charge in [-0.25, -0.2) is 0 Å². The predicted molar refractivity (Wildman–Crippen MR) is 71.2 cm³/mol. The van der Waals surface area contributed by atoms with Crippen molar-refractivity contribution >= 4 is 11.7 Å². The molecule has 0 heterocycles. The monoisotopic (exact) mass is 251 g/mol. The lowest BCUT2D eigenvalue weighted by molar-refractivity contribution is -0.144. The number of hydrogen-bond donors (Lipinski definition) is 1. The van der Waals surface area contributed by atoms with Crippen LogP contribution in [0, 0.1) is 0 Å². The van der Waals surface area contributed by atoms with Gasteiger partial charge >= 0.3 is 5.97 Å². The van der Waals surface area contributed by atoms with Crippen molar-refractivity contribution in [3.05, 3.63) is 29.8 Å². The summed E-state index contributed by atoms with van der Waals surface area (Å²) >= 11 is 0. The SMILES string of the molecule is CCOC(=O)CCOCCCc1ccc(N)cc1. The van der Waals surface area contributed by atoms with Gasteiger partial charge in [0.15, 0.2) is 0 Å². The molecule has 0 unspecified atom stereocenters. The van der Waals surface area contributed by atoms with E-state index in [4.69, 9.17) is 15.2 Å². The number of carbonyl (C=O) groups excluding carboxylic acids is 1. The molecular formula is C14H21NO3. The molecule has 0 aliphatic carbocycles. The first-order valence-electron chi connectivity index (χ1n) is 6.30. The molecule has 100 valence electrons. The number of carbonyl (C=O) groups is 1. The van der Waals surface area contributed by atoms with E-state index < -0.39 is 0 Å². The normalized spacial score (nSPS) is 10.3. The number of rotatable bonds is 8. The first-order valence-corrected chi connectivity index (χ1v) is 6.30. The van der Waals surface area contributed by atoms with Gasteiger partial charge in [-0.1, -0.05) is 12.1 Å². The van der Waals surface area contributed by atoms with Crippen molar-refractivity contribution in [3.8, 4) is 0 Å². The summed E-state index contributed by atoms with van der Waals surface area (Å²) < 4.78 is 10.2. The van der Waals surface area contributed by atoms with Crippen LogP contribution in [0.25, 0.3) is 0 Å². The molecule has 0 atom stereocenters. The third kappa shape index (κ3) is 6.25. The van der Waals surface area contributed by atoms with Crippen LogP contribution < -0.4 is 5.73 Å². The van der Waals surface area contributed by atoms with E-state index in [2.05, 4.69) is 0 Å². The average molecular weight is 251 g/mol. The van der Waals surface area contributed by atoms with E-state index in [-0.39, 0.29) is 5.97 Å². The van der Waals surface area contributed by atoms with E-state index in [0.29, 0.717) is 26.2 Å². The maximum Gasteiger partial charge on any atom is 0.308 e. The highest BCUT2D eigenvalue weighted by Gasteiger charge is 2.00. The fraction of sp³-hybridized carbons (Fsp3) is 0.500. The third-order valence-electron chi connectivity index (χ3n) is 2.49. The van der Waals surface area contributed by atoms with Crippen LogP contribution in [0.5, 0.6) is 0 Å². The van der Waals surface area contributed by atoms with Gasteiger partial charge in [-0.15, -0.1) is 0 Å². The number of benzene rings is 1. The molecule has 4 heteroatoms. The maximum absolute atomic E-state index is 11.0. The Hall–Kier alpha value is -1.55. The van der Waals surface area contributed by atoms with Crippen LogP contribution in [0.1, 0.15) is 25.3 Å². The molecule has 0 aromatic heterocycles. The van der Waals surface area contributed by atoms with Gasteiger partial charge < -0.3 is 15.2 Å². The van der Waals surface area contributed by atoms with Crippen LogP contribution in [-0.4, -0.2) is 25.8 Å². The second kappa shape index (κ2) is 8.53. The van der Waals surface area contributed by atoms with Crippen LogP contribution in [-0.2, 0) is 20.7 Å². The Morgan fingerprint density at radius 2 is 1.94 bits per heavy atom. The highest BCUT2D eigenvalue weighted by atomic mass is 16.5. The Morgan fingerprint density at radius 1 is 1.22 bits per heavy atom. The Kier molecular flexibility index (Phi) is 6.87. The van der Waals surface area contributed by atoms with Crippen molar-refractivity contribution in [3.63, 3.8) is 0 Å². The van der Waals surface area contributed by atoms with Crippen LogP contribution >= 0.6 is 0 Å². The number of aryl methyl sites for hydroxylation is 1. The molecule has 1 rings (SSSR count). The maximum atomic E-state index is 11.0. The minimum absolute atomic E-state index is 0.198. The standard InChI is InChI=1S/C14H21NO3/c1-2-18-14(16)9-11-17-10-3-4-12-5-7-13(15)8-6-12/h5-8H,2-4,9-11,15H2,1H3. The minimum atomic E-state index is -0.198. The molecule has 2 N–H and O–H groups in total. The molecular weight excluding hydrogens is 230 g/mol. The lowest BCUT2D eigenvalue weighted by atomic mass is 10.1. The van der Waals surface area contributed by atoms with Gasteiger partial charge in [0.2, 0.25) is 0 Å². The summed E-state index contributed by atoms with van der Waals surface area (Å²) in [7, 11) is 0. The lowest BCUT2D eigenvalue weighted by Crippen LogP contribution is -2.08. The molecule has 0 amide bonds. The summed E-state index contributed by atoms with van der Waals surface area (Å²) in [4.78, 5) is 11.0. The van der Waals surface area contributed by atoms with Gasteiger partial charge in [-0.3, -0.25) is 4.79 Å². The molecule has 1 aromatic carbocycles. The minimum Gasteiger partial charge on any atom is -0.466 e. The van der Waals surface area contributed by atoms with Crippen molar-refractivity contribution in [1.82, 2.24) is 0 Å². The number of esters is 1. The predicted octanol–water partition coefficient (Wildman–Crippen LogP) is 2.17. The molecule has 0 aliphatic heterocycles. The van der Waals surface area contributed by atoms with Crippen molar-refractivity contribution in [2.45, 2.75) is 26.2 Å². The van der Waals surface area contributed by atoms with Crippen molar-refractivity contribution in [1.29, 1.82) is 0 Å². The molecule has 0 saturated heterocycles. The zero-order valence-electron chi connectivity index (χ0n) is 10.9. The fourth-order valence-electron chi connectivity index (χ4n) is 1.55. The first-order chi connectivity index (χ1) is 8.72. The van der Waals surface area contributed by atoms with Crippen molar-refractivity contribution < 1.29 is 14.3 Å². The topological polar surface area (TPSA) is 61.5 Å². The van der Waals surface area contributed by atoms with E-state index in [0.717, 1.165) is 18.5 Å². The smallest absolute Gasteiger partial charge is 0.308 e. The van der Waals surface area contributed by atoms with Crippen molar-refractivity contribution in [2.75, 3.05) is 25.6 Å². The number of nitrogen functional groups attached to an aromatic ring is 1. The molecule has 0 radical (unpaired) electrons. The van der Waals surface area contributed by atoms with Gasteiger partial charge in [0, 0.05) is 12.3 Å². The second-order valence-electron chi connectivity index (χ2n) is 4.01. The van der Waals surface area contributed by atoms with Crippen LogP contribution in [0.3, 0.4) is 0 Å². The second-order valence-corrected chi connectivity index (χ2v) is 4.01. The zero-order chi connectivity index (χ0) is 13.2. The Morgan fingerprint density at radius 3 is 2.61 bits per heavy atom. The summed E-state index contributed by atoms with van der Waals surface area (Å²) in [6.07, 6.45) is 2.22.